The zero-order chi connectivity index (χ0) is 20.4. The number of esters is 1. The predicted molar refractivity (Wildman–Crippen MR) is 109 cm³/mol. The fraction of sp³-hybridized carbons (Fsp3) is 0.350. The van der Waals surface area contributed by atoms with Crippen LogP contribution >= 0.6 is 11.3 Å². The highest BCUT2D eigenvalue weighted by Crippen LogP contribution is 2.34. The molecule has 1 N–H and O–H groups in total. The number of hydrogen-bond donors (Lipinski definition) is 1. The summed E-state index contributed by atoms with van der Waals surface area (Å²) in [6, 6.07) is 8.00. The molecule has 0 saturated heterocycles. The van der Waals surface area contributed by atoms with Gasteiger partial charge in [-0.2, -0.15) is 0 Å². The van der Waals surface area contributed by atoms with Crippen molar-refractivity contribution in [2.24, 2.45) is 0 Å². The fourth-order valence-electron chi connectivity index (χ4n) is 3.27. The van der Waals surface area contributed by atoms with Crippen molar-refractivity contribution in [2.45, 2.75) is 13.3 Å². The van der Waals surface area contributed by atoms with Gasteiger partial charge in [-0.25, -0.2) is 4.79 Å². The Balaban J connectivity index is 1.83. The van der Waals surface area contributed by atoms with Crippen LogP contribution in [0, 0.1) is 6.92 Å². The number of rotatable bonds is 5. The molecule has 0 saturated carbocycles. The Morgan fingerprint density at radius 2 is 1.96 bits per heavy atom. The third-order valence-corrected chi connectivity index (χ3v) is 5.90. The van der Waals surface area contributed by atoms with E-state index in [-0.39, 0.29) is 23.9 Å². The maximum absolute atomic E-state index is 12.7. The van der Waals surface area contributed by atoms with Gasteiger partial charge in [-0.15, -0.1) is 11.3 Å². The molecule has 28 heavy (non-hydrogen) atoms. The van der Waals surface area contributed by atoms with Crippen molar-refractivity contribution in [1.29, 1.82) is 0 Å². The van der Waals surface area contributed by atoms with Crippen molar-refractivity contribution < 1.29 is 19.1 Å². The lowest BCUT2D eigenvalue weighted by molar-refractivity contribution is -0.114. The van der Waals surface area contributed by atoms with Crippen LogP contribution in [0.25, 0.3) is 0 Å². The number of nitrogens with one attached hydrogen (secondary N) is 1. The summed E-state index contributed by atoms with van der Waals surface area (Å²) in [5, 5.41) is 3.14. The molecule has 2 amide bonds. The molecule has 0 bridgehead atoms. The first kappa shape index (κ1) is 19.9. The lowest BCUT2D eigenvalue weighted by atomic mass is 10.1. The van der Waals surface area contributed by atoms with Gasteiger partial charge in [0.05, 0.1) is 24.1 Å². The molecule has 7 nitrogen and oxygen atoms in total. The van der Waals surface area contributed by atoms with Crippen LogP contribution < -0.4 is 10.2 Å². The number of benzene rings is 1. The van der Waals surface area contributed by atoms with E-state index >= 15 is 0 Å². The standard InChI is InChI=1S/C20H23N3O4S/c1-12-16(20(26)27-4)18(28-17(12)19(25)22(2)3)21-15(24)11-23-10-9-13-7-5-6-8-14(13)23/h5-8H,9-11H2,1-4H3,(H,21,24). The van der Waals surface area contributed by atoms with Crippen LogP contribution in [0.3, 0.4) is 0 Å². The van der Waals surface area contributed by atoms with Crippen molar-refractivity contribution in [3.05, 3.63) is 45.8 Å². The number of amides is 2. The van der Waals surface area contributed by atoms with Crippen LogP contribution in [-0.2, 0) is 16.0 Å². The normalized spacial score (nSPS) is 12.5. The molecule has 1 aromatic carbocycles. The summed E-state index contributed by atoms with van der Waals surface area (Å²) in [6.07, 6.45) is 0.899. The summed E-state index contributed by atoms with van der Waals surface area (Å²) in [6.45, 7) is 2.63. The van der Waals surface area contributed by atoms with Crippen LogP contribution in [-0.4, -0.2) is 57.0 Å². The molecule has 0 atom stereocenters. The van der Waals surface area contributed by atoms with Gasteiger partial charge in [-0.3, -0.25) is 9.59 Å². The minimum Gasteiger partial charge on any atom is -0.465 e. The lowest BCUT2D eigenvalue weighted by Crippen LogP contribution is -2.32. The van der Waals surface area contributed by atoms with E-state index in [4.69, 9.17) is 4.74 Å². The Hall–Kier alpha value is -2.87. The summed E-state index contributed by atoms with van der Waals surface area (Å²) in [5.74, 6) is -1.04. The molecular weight excluding hydrogens is 378 g/mol. The van der Waals surface area contributed by atoms with Crippen LogP contribution in [0.4, 0.5) is 10.7 Å². The molecule has 0 unspecified atom stereocenters. The van der Waals surface area contributed by atoms with E-state index < -0.39 is 5.97 Å². The second kappa shape index (κ2) is 8.02. The van der Waals surface area contributed by atoms with Gasteiger partial charge in [0, 0.05) is 26.3 Å². The Morgan fingerprint density at radius 1 is 1.25 bits per heavy atom. The van der Waals surface area contributed by atoms with Crippen molar-refractivity contribution >= 4 is 39.8 Å². The SMILES string of the molecule is COC(=O)c1c(NC(=O)CN2CCc3ccccc32)sc(C(=O)N(C)C)c1C. The van der Waals surface area contributed by atoms with Gasteiger partial charge in [-0.05, 0) is 30.5 Å². The average molecular weight is 401 g/mol. The van der Waals surface area contributed by atoms with Crippen molar-refractivity contribution in [1.82, 2.24) is 4.90 Å². The number of para-hydroxylation sites is 1. The van der Waals surface area contributed by atoms with E-state index in [2.05, 4.69) is 11.4 Å². The maximum atomic E-state index is 12.7. The Bertz CT molecular complexity index is 936. The Morgan fingerprint density at radius 3 is 2.64 bits per heavy atom. The quantitative estimate of drug-likeness (QED) is 0.779. The van der Waals surface area contributed by atoms with E-state index in [9.17, 15) is 14.4 Å². The van der Waals surface area contributed by atoms with Gasteiger partial charge >= 0.3 is 5.97 Å². The number of ether oxygens (including phenoxy) is 1. The Kier molecular flexibility index (Phi) is 5.69. The summed E-state index contributed by atoms with van der Waals surface area (Å²) >= 11 is 1.10. The summed E-state index contributed by atoms with van der Waals surface area (Å²) < 4.78 is 4.85. The van der Waals surface area contributed by atoms with E-state index in [0.29, 0.717) is 15.4 Å². The minimum atomic E-state index is -0.576. The number of thiophene rings is 1. The van der Waals surface area contributed by atoms with Gasteiger partial charge < -0.3 is 19.9 Å². The second-order valence-electron chi connectivity index (χ2n) is 6.80. The van der Waals surface area contributed by atoms with Crippen LogP contribution in [0.2, 0.25) is 0 Å². The van der Waals surface area contributed by atoms with Crippen LogP contribution in [0.5, 0.6) is 0 Å². The van der Waals surface area contributed by atoms with Crippen molar-refractivity contribution in [3.63, 3.8) is 0 Å². The van der Waals surface area contributed by atoms with E-state index in [0.717, 1.165) is 30.0 Å². The topological polar surface area (TPSA) is 79.0 Å². The van der Waals surface area contributed by atoms with E-state index in [1.807, 2.05) is 23.1 Å². The lowest BCUT2D eigenvalue weighted by Gasteiger charge is -2.18. The van der Waals surface area contributed by atoms with Gasteiger partial charge in [0.15, 0.2) is 0 Å². The third-order valence-electron chi connectivity index (χ3n) is 4.71. The summed E-state index contributed by atoms with van der Waals surface area (Å²) in [4.78, 5) is 41.2. The highest BCUT2D eigenvalue weighted by atomic mass is 32.1. The smallest absolute Gasteiger partial charge is 0.341 e. The van der Waals surface area contributed by atoms with Gasteiger partial charge in [0.25, 0.3) is 5.91 Å². The summed E-state index contributed by atoms with van der Waals surface area (Å²) in [7, 11) is 4.56. The van der Waals surface area contributed by atoms with E-state index in [1.54, 1.807) is 21.0 Å². The monoisotopic (exact) mass is 401 g/mol. The van der Waals surface area contributed by atoms with Crippen LogP contribution in [0.15, 0.2) is 24.3 Å². The first-order valence-electron chi connectivity index (χ1n) is 8.89. The summed E-state index contributed by atoms with van der Waals surface area (Å²) in [5.41, 5.74) is 3.01. The molecular formula is C20H23N3O4S. The number of nitrogens with zero attached hydrogens (tertiary/aromatic N) is 2. The molecule has 1 aliphatic rings. The van der Waals surface area contributed by atoms with Gasteiger partial charge in [0.2, 0.25) is 5.91 Å². The first-order valence-corrected chi connectivity index (χ1v) is 9.71. The zero-order valence-corrected chi connectivity index (χ0v) is 17.2. The predicted octanol–water partition coefficient (Wildman–Crippen LogP) is 2.55. The maximum Gasteiger partial charge on any atom is 0.341 e. The number of fused-ring (bicyclic) bond motifs is 1. The second-order valence-corrected chi connectivity index (χ2v) is 7.82. The largest absolute Gasteiger partial charge is 0.465 e. The molecule has 0 radical (unpaired) electrons. The van der Waals surface area contributed by atoms with Gasteiger partial charge in [-0.1, -0.05) is 18.2 Å². The number of carbonyl (C=O) groups is 3. The average Bonchev–Trinajstić information content (AvgIpc) is 3.21. The fourth-order valence-corrected chi connectivity index (χ4v) is 4.50. The number of carbonyl (C=O) groups excluding carboxylic acids is 3. The van der Waals surface area contributed by atoms with Crippen molar-refractivity contribution in [2.75, 3.05) is 44.5 Å². The highest BCUT2D eigenvalue weighted by molar-refractivity contribution is 7.18. The molecule has 3 rings (SSSR count). The first-order chi connectivity index (χ1) is 13.3. The van der Waals surface area contributed by atoms with Crippen LogP contribution in [0.1, 0.15) is 31.2 Å². The molecule has 2 aromatic rings. The third kappa shape index (κ3) is 3.73. The molecule has 0 fully saturated rings. The molecule has 148 valence electrons. The number of hydrogen-bond acceptors (Lipinski definition) is 6. The molecule has 1 aliphatic heterocycles. The number of methoxy groups -OCH3 is 1. The molecule has 0 aliphatic carbocycles. The highest BCUT2D eigenvalue weighted by Gasteiger charge is 2.28. The molecule has 0 spiro atoms. The minimum absolute atomic E-state index is 0.172. The zero-order valence-electron chi connectivity index (χ0n) is 16.4. The molecule has 2 heterocycles. The molecule has 8 heteroatoms. The van der Waals surface area contributed by atoms with Gasteiger partial charge in [0.1, 0.15) is 5.00 Å². The van der Waals surface area contributed by atoms with Crippen molar-refractivity contribution in [3.8, 4) is 0 Å². The number of anilines is 2. The Labute approximate surface area is 167 Å². The van der Waals surface area contributed by atoms with E-state index in [1.165, 1.54) is 17.6 Å². The molecule has 1 aromatic heterocycles.